The summed E-state index contributed by atoms with van der Waals surface area (Å²) in [6, 6.07) is 11.2. The van der Waals surface area contributed by atoms with Crippen LogP contribution in [0.15, 0.2) is 45.3 Å². The molecule has 0 saturated carbocycles. The topological polar surface area (TPSA) is 60.5 Å². The molecule has 0 aliphatic heterocycles. The first-order chi connectivity index (χ1) is 12.1. The lowest BCUT2D eigenvalue weighted by Gasteiger charge is -2.07. The van der Waals surface area contributed by atoms with Crippen molar-refractivity contribution in [1.29, 1.82) is 0 Å². The minimum Gasteiger partial charge on any atom is -0.492 e. The minimum absolute atomic E-state index is 0.103. The van der Waals surface area contributed by atoms with Crippen molar-refractivity contribution in [2.75, 3.05) is 18.5 Å². The van der Waals surface area contributed by atoms with Gasteiger partial charge >= 0.3 is 0 Å². The third kappa shape index (κ3) is 4.50. The number of halogens is 2. The molecule has 0 unspecified atom stereocenters. The molecule has 1 amide bonds. The molecule has 5 nitrogen and oxygen atoms in total. The van der Waals surface area contributed by atoms with E-state index in [0.29, 0.717) is 23.2 Å². The third-order valence-corrected chi connectivity index (χ3v) is 5.23. The maximum atomic E-state index is 12.1. The molecule has 0 atom stereocenters. The molecule has 2 aromatic carbocycles. The molecule has 0 radical (unpaired) electrons. The van der Waals surface area contributed by atoms with Gasteiger partial charge in [0, 0.05) is 4.47 Å². The molecule has 0 fully saturated rings. The van der Waals surface area contributed by atoms with Gasteiger partial charge in [0.1, 0.15) is 17.0 Å². The fraction of sp³-hybridized carbons (Fsp3) is 0.176. The lowest BCUT2D eigenvalue weighted by Crippen LogP contribution is -2.20. The van der Waals surface area contributed by atoms with Crippen molar-refractivity contribution in [1.82, 2.24) is 4.98 Å². The normalized spacial score (nSPS) is 10.7. The Balaban J connectivity index is 1.66. The van der Waals surface area contributed by atoms with Gasteiger partial charge in [-0.15, -0.1) is 0 Å². The van der Waals surface area contributed by atoms with Gasteiger partial charge in [-0.2, -0.15) is 0 Å². The van der Waals surface area contributed by atoms with Crippen LogP contribution in [0.5, 0.6) is 11.5 Å². The van der Waals surface area contributed by atoms with E-state index in [9.17, 15) is 4.79 Å². The van der Waals surface area contributed by atoms with Crippen molar-refractivity contribution < 1.29 is 14.3 Å². The molecule has 1 N–H and O–H groups in total. The monoisotopic (exact) mass is 484 g/mol. The van der Waals surface area contributed by atoms with Crippen LogP contribution in [0.25, 0.3) is 10.2 Å². The number of anilines is 1. The van der Waals surface area contributed by atoms with Crippen LogP contribution in [0.4, 0.5) is 5.13 Å². The molecule has 8 heteroatoms. The number of nitrogens with zero attached hydrogens (tertiary/aromatic N) is 1. The molecule has 3 aromatic rings. The first kappa shape index (κ1) is 18.2. The molecule has 3 rings (SSSR count). The highest BCUT2D eigenvalue weighted by atomic mass is 79.9. The number of hydrogen-bond acceptors (Lipinski definition) is 5. The van der Waals surface area contributed by atoms with Crippen LogP contribution in [0.2, 0.25) is 0 Å². The zero-order valence-electron chi connectivity index (χ0n) is 13.2. The smallest absolute Gasteiger partial charge is 0.264 e. The predicted octanol–water partition coefficient (Wildman–Crippen LogP) is 5.24. The van der Waals surface area contributed by atoms with Gasteiger partial charge in [0.25, 0.3) is 5.91 Å². The Kier molecular flexibility index (Phi) is 5.93. The van der Waals surface area contributed by atoms with Crippen LogP contribution in [-0.2, 0) is 4.79 Å². The molecule has 130 valence electrons. The van der Waals surface area contributed by atoms with Crippen LogP contribution in [0.1, 0.15) is 6.92 Å². The Labute approximate surface area is 165 Å². The number of thiazole rings is 1. The molecule has 0 saturated heterocycles. The van der Waals surface area contributed by atoms with Gasteiger partial charge in [0.15, 0.2) is 11.7 Å². The van der Waals surface area contributed by atoms with E-state index >= 15 is 0 Å². The molecule has 0 bridgehead atoms. The van der Waals surface area contributed by atoms with Crippen LogP contribution in [0.3, 0.4) is 0 Å². The van der Waals surface area contributed by atoms with Crippen molar-refractivity contribution in [2.24, 2.45) is 0 Å². The van der Waals surface area contributed by atoms with E-state index in [1.807, 2.05) is 37.3 Å². The number of aromatic nitrogens is 1. The standard InChI is InChI=1S/C17H14Br2N2O3S/c1-2-23-13-4-3-5-14-16(13)21-17(25-14)20-15(22)9-24-12-7-6-10(18)8-11(12)19/h3-8H,2,9H2,1H3,(H,20,21,22). The summed E-state index contributed by atoms with van der Waals surface area (Å²) in [4.78, 5) is 16.6. The molecule has 25 heavy (non-hydrogen) atoms. The van der Waals surface area contributed by atoms with Crippen LogP contribution >= 0.6 is 43.2 Å². The van der Waals surface area contributed by atoms with Gasteiger partial charge in [-0.1, -0.05) is 33.3 Å². The predicted molar refractivity (Wildman–Crippen MR) is 107 cm³/mol. The van der Waals surface area contributed by atoms with Crippen molar-refractivity contribution in [3.63, 3.8) is 0 Å². The Morgan fingerprint density at radius 1 is 1.20 bits per heavy atom. The molecular formula is C17H14Br2N2O3S. The molecule has 1 aromatic heterocycles. The summed E-state index contributed by atoms with van der Waals surface area (Å²) >= 11 is 8.17. The summed E-state index contributed by atoms with van der Waals surface area (Å²) in [6.45, 7) is 2.38. The van der Waals surface area contributed by atoms with Gasteiger partial charge in [0.2, 0.25) is 0 Å². The fourth-order valence-corrected chi connectivity index (χ4v) is 4.20. The van der Waals surface area contributed by atoms with E-state index < -0.39 is 0 Å². The lowest BCUT2D eigenvalue weighted by molar-refractivity contribution is -0.118. The van der Waals surface area contributed by atoms with E-state index in [-0.39, 0.29) is 12.5 Å². The zero-order valence-corrected chi connectivity index (χ0v) is 17.2. The number of ether oxygens (including phenoxy) is 2. The number of carbonyl (C=O) groups excluding carboxylic acids is 1. The summed E-state index contributed by atoms with van der Waals surface area (Å²) in [6.07, 6.45) is 0. The van der Waals surface area contributed by atoms with Gasteiger partial charge in [-0.05, 0) is 53.2 Å². The van der Waals surface area contributed by atoms with Gasteiger partial charge in [0.05, 0.1) is 15.8 Å². The SMILES string of the molecule is CCOc1cccc2sc(NC(=O)COc3ccc(Br)cc3Br)nc12. The number of fused-ring (bicyclic) bond motifs is 1. The molecule has 1 heterocycles. The average Bonchev–Trinajstić information content (AvgIpc) is 2.97. The lowest BCUT2D eigenvalue weighted by atomic mass is 10.3. The molecule has 0 spiro atoms. The first-order valence-electron chi connectivity index (χ1n) is 7.47. The number of hydrogen-bond donors (Lipinski definition) is 1. The number of nitrogens with one attached hydrogen (secondary N) is 1. The summed E-state index contributed by atoms with van der Waals surface area (Å²) < 4.78 is 13.8. The second-order valence-electron chi connectivity index (χ2n) is 4.97. The van der Waals surface area contributed by atoms with Crippen LogP contribution in [-0.4, -0.2) is 24.1 Å². The second-order valence-corrected chi connectivity index (χ2v) is 7.77. The molecular weight excluding hydrogens is 472 g/mol. The Bertz CT molecular complexity index is 914. The maximum Gasteiger partial charge on any atom is 0.264 e. The van der Waals surface area contributed by atoms with Gasteiger partial charge < -0.3 is 9.47 Å². The maximum absolute atomic E-state index is 12.1. The second kappa shape index (κ2) is 8.16. The van der Waals surface area contributed by atoms with E-state index in [0.717, 1.165) is 19.2 Å². The van der Waals surface area contributed by atoms with Crippen molar-refractivity contribution in [3.8, 4) is 11.5 Å². The summed E-state index contributed by atoms with van der Waals surface area (Å²) in [5.74, 6) is 1.04. The van der Waals surface area contributed by atoms with E-state index in [1.165, 1.54) is 11.3 Å². The molecule has 0 aliphatic carbocycles. The Hall–Kier alpha value is -1.64. The summed E-state index contributed by atoms with van der Waals surface area (Å²) in [5, 5.41) is 3.28. The van der Waals surface area contributed by atoms with Gasteiger partial charge in [-0.3, -0.25) is 10.1 Å². The number of amides is 1. The minimum atomic E-state index is -0.271. The summed E-state index contributed by atoms with van der Waals surface area (Å²) in [7, 11) is 0. The Morgan fingerprint density at radius 3 is 2.80 bits per heavy atom. The third-order valence-electron chi connectivity index (χ3n) is 3.18. The highest BCUT2D eigenvalue weighted by molar-refractivity contribution is 9.11. The number of carbonyl (C=O) groups is 1. The highest BCUT2D eigenvalue weighted by Crippen LogP contribution is 2.32. The molecule has 0 aliphatic rings. The van der Waals surface area contributed by atoms with Crippen molar-refractivity contribution in [2.45, 2.75) is 6.92 Å². The quantitative estimate of drug-likeness (QED) is 0.518. The summed E-state index contributed by atoms with van der Waals surface area (Å²) in [5.41, 5.74) is 0.751. The van der Waals surface area contributed by atoms with Crippen molar-refractivity contribution >= 4 is 64.5 Å². The van der Waals surface area contributed by atoms with Crippen molar-refractivity contribution in [3.05, 3.63) is 45.3 Å². The Morgan fingerprint density at radius 2 is 2.04 bits per heavy atom. The largest absolute Gasteiger partial charge is 0.492 e. The van der Waals surface area contributed by atoms with Crippen LogP contribution < -0.4 is 14.8 Å². The number of rotatable bonds is 6. The first-order valence-corrected chi connectivity index (χ1v) is 9.87. The van der Waals surface area contributed by atoms with E-state index in [4.69, 9.17) is 9.47 Å². The highest BCUT2D eigenvalue weighted by Gasteiger charge is 2.12. The van der Waals surface area contributed by atoms with E-state index in [1.54, 1.807) is 6.07 Å². The number of benzene rings is 2. The number of para-hydroxylation sites is 1. The average molecular weight is 486 g/mol. The van der Waals surface area contributed by atoms with E-state index in [2.05, 4.69) is 42.2 Å². The van der Waals surface area contributed by atoms with Crippen LogP contribution in [0, 0.1) is 0 Å². The fourth-order valence-electron chi connectivity index (χ4n) is 2.14. The van der Waals surface area contributed by atoms with Gasteiger partial charge in [-0.25, -0.2) is 4.98 Å². The zero-order chi connectivity index (χ0) is 17.8.